The van der Waals surface area contributed by atoms with Crippen molar-refractivity contribution < 1.29 is 14.7 Å². The minimum absolute atomic E-state index is 0.0773. The van der Waals surface area contributed by atoms with E-state index in [2.05, 4.69) is 25.6 Å². The number of carbonyl (C=O) groups excluding carboxylic acids is 1. The van der Waals surface area contributed by atoms with Gasteiger partial charge < -0.3 is 16.2 Å². The summed E-state index contributed by atoms with van der Waals surface area (Å²) in [7, 11) is 0. The minimum atomic E-state index is -1.11. The monoisotopic (exact) mass is 535 g/mol. The fraction of sp³-hybridized carbons (Fsp3) is 0.308. The van der Waals surface area contributed by atoms with Crippen molar-refractivity contribution in [3.05, 3.63) is 75.8 Å². The van der Waals surface area contributed by atoms with E-state index in [-0.39, 0.29) is 23.5 Å². The third kappa shape index (κ3) is 6.57. The second kappa shape index (κ2) is 11.1. The van der Waals surface area contributed by atoms with Crippen LogP contribution >= 0.6 is 11.8 Å². The Balaban J connectivity index is 1.34. The molecular formula is C26H29N7O4S. The van der Waals surface area contributed by atoms with E-state index < -0.39 is 17.9 Å². The van der Waals surface area contributed by atoms with Crippen molar-refractivity contribution in [2.75, 3.05) is 5.73 Å². The number of amides is 1. The number of aromatic nitrogens is 5. The van der Waals surface area contributed by atoms with Gasteiger partial charge in [-0.25, -0.2) is 14.5 Å². The third-order valence-electron chi connectivity index (χ3n) is 5.83. The molecule has 0 saturated heterocycles. The molecule has 0 spiro atoms. The molecule has 0 radical (unpaired) electrons. The van der Waals surface area contributed by atoms with Gasteiger partial charge in [0.1, 0.15) is 6.04 Å². The lowest BCUT2D eigenvalue weighted by Crippen LogP contribution is -2.41. The predicted molar refractivity (Wildman–Crippen MR) is 145 cm³/mol. The summed E-state index contributed by atoms with van der Waals surface area (Å²) in [5, 5.41) is 20.9. The molecule has 0 saturated carbocycles. The normalized spacial score (nSPS) is 12.4. The lowest BCUT2D eigenvalue weighted by molar-refractivity contribution is -0.139. The van der Waals surface area contributed by atoms with Gasteiger partial charge >= 0.3 is 5.97 Å². The quantitative estimate of drug-likeness (QED) is 0.235. The summed E-state index contributed by atoms with van der Waals surface area (Å²) in [5.41, 5.74) is 7.58. The fourth-order valence-electron chi connectivity index (χ4n) is 3.69. The summed E-state index contributed by atoms with van der Waals surface area (Å²) in [6.07, 6.45) is 2.35. The summed E-state index contributed by atoms with van der Waals surface area (Å²) in [5.74, 6) is -0.895. The molecule has 5 N–H and O–H groups in total. The number of carbonyl (C=O) groups is 2. The second-order valence-corrected chi connectivity index (χ2v) is 10.9. The van der Waals surface area contributed by atoms with Crippen LogP contribution in [0.3, 0.4) is 0 Å². The average Bonchev–Trinajstić information content (AvgIpc) is 3.35. The van der Waals surface area contributed by atoms with Crippen molar-refractivity contribution in [2.24, 2.45) is 0 Å². The predicted octanol–water partition coefficient (Wildman–Crippen LogP) is 2.96. The van der Waals surface area contributed by atoms with Crippen molar-refractivity contribution >= 4 is 40.5 Å². The molecular weight excluding hydrogens is 506 g/mol. The molecule has 2 aromatic carbocycles. The summed E-state index contributed by atoms with van der Waals surface area (Å²) in [6, 6.07) is 11.3. The average molecular weight is 536 g/mol. The van der Waals surface area contributed by atoms with Crippen LogP contribution in [0.1, 0.15) is 48.8 Å². The van der Waals surface area contributed by atoms with E-state index in [9.17, 15) is 19.5 Å². The van der Waals surface area contributed by atoms with Crippen LogP contribution < -0.4 is 16.6 Å². The maximum absolute atomic E-state index is 12.7. The van der Waals surface area contributed by atoms with Crippen LogP contribution in [0.2, 0.25) is 0 Å². The number of aliphatic carboxylic acids is 1. The van der Waals surface area contributed by atoms with Gasteiger partial charge in [0.2, 0.25) is 5.95 Å². The van der Waals surface area contributed by atoms with E-state index in [1.807, 2.05) is 26.8 Å². The SMILES string of the molecule is CC(C)(C)n1cc(CC[C@H](NC(=O)c2ccc(SCc3ccc4nc(N)[nH]c(=O)c4c3)cc2)C(=O)O)nn1. The van der Waals surface area contributed by atoms with Crippen LogP contribution in [0.15, 0.2) is 58.4 Å². The van der Waals surface area contributed by atoms with Crippen LogP contribution in [0, 0.1) is 0 Å². The Bertz CT molecular complexity index is 1520. The van der Waals surface area contributed by atoms with Gasteiger partial charge in [0, 0.05) is 22.4 Å². The molecule has 11 nitrogen and oxygen atoms in total. The second-order valence-electron chi connectivity index (χ2n) is 9.84. The van der Waals surface area contributed by atoms with Crippen molar-refractivity contribution in [1.82, 2.24) is 30.3 Å². The van der Waals surface area contributed by atoms with E-state index in [1.54, 1.807) is 59.0 Å². The van der Waals surface area contributed by atoms with E-state index in [0.717, 1.165) is 10.5 Å². The number of carboxylic acids is 1. The number of hydrogen-bond donors (Lipinski definition) is 4. The first-order valence-electron chi connectivity index (χ1n) is 12.0. The molecule has 0 aliphatic carbocycles. The molecule has 2 aromatic heterocycles. The number of aryl methyl sites for hydroxylation is 1. The Labute approximate surface area is 222 Å². The highest BCUT2D eigenvalue weighted by molar-refractivity contribution is 7.98. The minimum Gasteiger partial charge on any atom is -0.480 e. The van der Waals surface area contributed by atoms with Gasteiger partial charge in [0.25, 0.3) is 11.5 Å². The van der Waals surface area contributed by atoms with Gasteiger partial charge in [-0.05, 0) is 75.6 Å². The molecule has 2 heterocycles. The largest absolute Gasteiger partial charge is 0.480 e. The van der Waals surface area contributed by atoms with Crippen LogP contribution in [0.4, 0.5) is 5.95 Å². The molecule has 0 bridgehead atoms. The molecule has 0 unspecified atom stereocenters. The fourth-order valence-corrected chi connectivity index (χ4v) is 4.54. The number of benzene rings is 2. The van der Waals surface area contributed by atoms with Crippen LogP contribution in [0.25, 0.3) is 10.9 Å². The lowest BCUT2D eigenvalue weighted by atomic mass is 10.1. The summed E-state index contributed by atoms with van der Waals surface area (Å²) < 4.78 is 1.73. The van der Waals surface area contributed by atoms with Gasteiger partial charge in [-0.15, -0.1) is 16.9 Å². The first-order valence-corrected chi connectivity index (χ1v) is 12.9. The highest BCUT2D eigenvalue weighted by Crippen LogP contribution is 2.24. The van der Waals surface area contributed by atoms with Crippen molar-refractivity contribution in [3.63, 3.8) is 0 Å². The number of nitrogens with one attached hydrogen (secondary N) is 2. The maximum Gasteiger partial charge on any atom is 0.326 e. The van der Waals surface area contributed by atoms with E-state index in [4.69, 9.17) is 5.73 Å². The van der Waals surface area contributed by atoms with Crippen LogP contribution in [0.5, 0.6) is 0 Å². The zero-order valence-corrected chi connectivity index (χ0v) is 22.1. The molecule has 0 aliphatic rings. The summed E-state index contributed by atoms with van der Waals surface area (Å²) in [4.78, 5) is 44.1. The number of nitrogen functional groups attached to an aromatic ring is 1. The number of fused-ring (bicyclic) bond motifs is 1. The number of aromatic amines is 1. The number of rotatable bonds is 9. The van der Waals surface area contributed by atoms with E-state index in [0.29, 0.717) is 34.3 Å². The van der Waals surface area contributed by atoms with E-state index >= 15 is 0 Å². The van der Waals surface area contributed by atoms with Gasteiger partial charge in [0.15, 0.2) is 0 Å². The highest BCUT2D eigenvalue weighted by Gasteiger charge is 2.22. The Morgan fingerprint density at radius 2 is 1.92 bits per heavy atom. The van der Waals surface area contributed by atoms with Gasteiger partial charge in [0.05, 0.1) is 22.1 Å². The lowest BCUT2D eigenvalue weighted by Gasteiger charge is -2.17. The number of anilines is 1. The molecule has 4 aromatic rings. The highest BCUT2D eigenvalue weighted by atomic mass is 32.2. The molecule has 12 heteroatoms. The first kappa shape index (κ1) is 26.9. The zero-order valence-electron chi connectivity index (χ0n) is 21.3. The van der Waals surface area contributed by atoms with Gasteiger partial charge in [-0.2, -0.15) is 0 Å². The van der Waals surface area contributed by atoms with E-state index in [1.165, 1.54) is 0 Å². The molecule has 0 fully saturated rings. The van der Waals surface area contributed by atoms with Crippen LogP contribution in [-0.2, 0) is 22.5 Å². The number of nitrogens with zero attached hydrogens (tertiary/aromatic N) is 4. The zero-order chi connectivity index (χ0) is 27.4. The molecule has 1 amide bonds. The van der Waals surface area contributed by atoms with Gasteiger partial charge in [-0.3, -0.25) is 14.6 Å². The number of hydrogen-bond acceptors (Lipinski definition) is 8. The Kier molecular flexibility index (Phi) is 7.81. The molecule has 38 heavy (non-hydrogen) atoms. The Morgan fingerprint density at radius 1 is 1.18 bits per heavy atom. The van der Waals surface area contributed by atoms with Crippen molar-refractivity contribution in [3.8, 4) is 0 Å². The number of carboxylic acid groups (broad SMARTS) is 1. The molecule has 0 aliphatic heterocycles. The summed E-state index contributed by atoms with van der Waals surface area (Å²) >= 11 is 1.54. The molecule has 4 rings (SSSR count). The molecule has 1 atom stereocenters. The van der Waals surface area contributed by atoms with Crippen LogP contribution in [-0.4, -0.2) is 48.0 Å². The standard InChI is InChI=1S/C26H29N7O4S/c1-26(2,3)33-13-17(31-32-33)7-11-21(24(36)37)28-22(34)16-5-8-18(9-6-16)38-14-15-4-10-20-19(12-15)23(35)30-25(27)29-20/h4-6,8-10,12-13,21H,7,11,14H2,1-3H3,(H,28,34)(H,36,37)(H3,27,29,30,35)/t21-/m0/s1. The van der Waals surface area contributed by atoms with Crippen molar-refractivity contribution in [2.45, 2.75) is 55.8 Å². The smallest absolute Gasteiger partial charge is 0.326 e. The first-order chi connectivity index (χ1) is 18.0. The van der Waals surface area contributed by atoms with Gasteiger partial charge in [-0.1, -0.05) is 11.3 Å². The summed E-state index contributed by atoms with van der Waals surface area (Å²) in [6.45, 7) is 5.99. The number of nitrogens with two attached hydrogens (primary N) is 1. The Morgan fingerprint density at radius 3 is 2.58 bits per heavy atom. The maximum atomic E-state index is 12.7. The topological polar surface area (TPSA) is 169 Å². The number of thioether (sulfide) groups is 1. The third-order valence-corrected chi connectivity index (χ3v) is 6.91. The number of H-pyrrole nitrogens is 1. The molecule has 198 valence electrons. The van der Waals surface area contributed by atoms with Crippen molar-refractivity contribution in [1.29, 1.82) is 0 Å². The Hall–Kier alpha value is -4.19.